The van der Waals surface area contributed by atoms with E-state index in [9.17, 15) is 9.59 Å². The third kappa shape index (κ3) is 6.80. The number of nitrogens with zero attached hydrogens (tertiary/aromatic N) is 3. The zero-order chi connectivity index (χ0) is 24.5. The Kier molecular flexibility index (Phi) is 8.30. The molecule has 178 valence electrons. The SMILES string of the molecule is C/C(=N\NCCCN1C(=O)S/C(=C\c2ccc(OCc3ccccc3)cc2)C1=O)c1ccncc1. The van der Waals surface area contributed by atoms with E-state index in [1.54, 1.807) is 18.5 Å². The Morgan fingerprint density at radius 2 is 1.80 bits per heavy atom. The van der Waals surface area contributed by atoms with E-state index < -0.39 is 0 Å². The molecule has 8 heteroatoms. The Balaban J connectivity index is 1.25. The van der Waals surface area contributed by atoms with Gasteiger partial charge in [-0.1, -0.05) is 42.5 Å². The van der Waals surface area contributed by atoms with Crippen LogP contribution in [-0.4, -0.2) is 39.8 Å². The number of nitrogens with one attached hydrogen (secondary N) is 1. The highest BCUT2D eigenvalue weighted by molar-refractivity contribution is 8.18. The normalized spacial score (nSPS) is 15.1. The van der Waals surface area contributed by atoms with Crippen LogP contribution in [0.25, 0.3) is 6.08 Å². The number of hydrogen-bond donors (Lipinski definition) is 1. The molecule has 3 aromatic rings. The van der Waals surface area contributed by atoms with Gasteiger partial charge in [0, 0.05) is 31.0 Å². The van der Waals surface area contributed by atoms with Gasteiger partial charge in [-0.15, -0.1) is 0 Å². The Labute approximate surface area is 208 Å². The number of pyridine rings is 1. The van der Waals surface area contributed by atoms with Gasteiger partial charge in [0.1, 0.15) is 12.4 Å². The molecule has 2 amide bonds. The predicted molar refractivity (Wildman–Crippen MR) is 139 cm³/mol. The number of aromatic nitrogens is 1. The first-order valence-corrected chi connectivity index (χ1v) is 12.1. The first kappa shape index (κ1) is 24.2. The van der Waals surface area contributed by atoms with Crippen LogP contribution in [0.1, 0.15) is 30.0 Å². The number of rotatable bonds is 10. The topological polar surface area (TPSA) is 83.9 Å². The lowest BCUT2D eigenvalue weighted by molar-refractivity contribution is -0.122. The smallest absolute Gasteiger partial charge is 0.293 e. The monoisotopic (exact) mass is 486 g/mol. The summed E-state index contributed by atoms with van der Waals surface area (Å²) in [5.74, 6) is 0.481. The van der Waals surface area contributed by atoms with Gasteiger partial charge >= 0.3 is 0 Å². The fraction of sp³-hybridized carbons (Fsp3) is 0.185. The molecule has 2 heterocycles. The number of thioether (sulfide) groups is 1. The maximum atomic E-state index is 12.7. The van der Waals surface area contributed by atoms with Crippen LogP contribution in [0.2, 0.25) is 0 Å². The summed E-state index contributed by atoms with van der Waals surface area (Å²) in [4.78, 5) is 30.8. The van der Waals surface area contributed by atoms with E-state index in [2.05, 4.69) is 15.5 Å². The second-order valence-corrected chi connectivity index (χ2v) is 8.86. The van der Waals surface area contributed by atoms with Crippen molar-refractivity contribution in [2.75, 3.05) is 13.1 Å². The largest absolute Gasteiger partial charge is 0.489 e. The van der Waals surface area contributed by atoms with Crippen molar-refractivity contribution in [1.82, 2.24) is 15.3 Å². The van der Waals surface area contributed by atoms with Gasteiger partial charge in [0.25, 0.3) is 11.1 Å². The summed E-state index contributed by atoms with van der Waals surface area (Å²) in [5, 5.41) is 4.08. The van der Waals surface area contributed by atoms with Crippen molar-refractivity contribution < 1.29 is 14.3 Å². The van der Waals surface area contributed by atoms with Crippen molar-refractivity contribution in [3.8, 4) is 5.75 Å². The van der Waals surface area contributed by atoms with Gasteiger partial charge in [0.2, 0.25) is 0 Å². The Morgan fingerprint density at radius 1 is 1.06 bits per heavy atom. The number of carbonyl (C=O) groups excluding carboxylic acids is 2. The number of ether oxygens (including phenoxy) is 1. The van der Waals surface area contributed by atoms with Crippen molar-refractivity contribution in [3.63, 3.8) is 0 Å². The summed E-state index contributed by atoms with van der Waals surface area (Å²) in [5.41, 5.74) is 6.76. The number of hydrazone groups is 1. The van der Waals surface area contributed by atoms with E-state index in [0.717, 1.165) is 39.9 Å². The van der Waals surface area contributed by atoms with Gasteiger partial charge in [-0.25, -0.2) is 0 Å². The minimum absolute atomic E-state index is 0.250. The van der Waals surface area contributed by atoms with Gasteiger partial charge in [0.05, 0.1) is 10.6 Å². The van der Waals surface area contributed by atoms with Gasteiger partial charge in [-0.3, -0.25) is 19.5 Å². The van der Waals surface area contributed by atoms with Crippen molar-refractivity contribution in [3.05, 3.63) is 101 Å². The second kappa shape index (κ2) is 12.0. The summed E-state index contributed by atoms with van der Waals surface area (Å²) >= 11 is 0.968. The number of carbonyl (C=O) groups is 2. The Hall–Kier alpha value is -3.91. The standard InChI is InChI=1S/C27H26N4O3S/c1-20(23-12-15-28-16-13-23)30-29-14-5-17-31-26(32)25(35-27(31)33)18-21-8-10-24(11-9-21)34-19-22-6-3-2-4-7-22/h2-4,6-13,15-16,18,29H,5,14,17,19H2,1H3/b25-18-,30-20+. The van der Waals surface area contributed by atoms with E-state index in [0.29, 0.717) is 31.0 Å². The molecular formula is C27H26N4O3S. The molecule has 2 aromatic carbocycles. The number of hydrogen-bond acceptors (Lipinski definition) is 7. The van der Waals surface area contributed by atoms with Crippen LogP contribution in [0.15, 0.2) is 89.1 Å². The van der Waals surface area contributed by atoms with Crippen LogP contribution in [0.4, 0.5) is 4.79 Å². The maximum absolute atomic E-state index is 12.7. The van der Waals surface area contributed by atoms with Crippen molar-refractivity contribution in [2.45, 2.75) is 20.0 Å². The van der Waals surface area contributed by atoms with Crippen LogP contribution in [0.3, 0.4) is 0 Å². The molecule has 0 bridgehead atoms. The predicted octanol–water partition coefficient (Wildman–Crippen LogP) is 5.10. The molecule has 0 spiro atoms. The van der Waals surface area contributed by atoms with E-state index in [-0.39, 0.29) is 11.1 Å². The first-order valence-electron chi connectivity index (χ1n) is 11.3. The van der Waals surface area contributed by atoms with Crippen LogP contribution >= 0.6 is 11.8 Å². The van der Waals surface area contributed by atoms with E-state index in [4.69, 9.17) is 4.74 Å². The fourth-order valence-electron chi connectivity index (χ4n) is 3.39. The first-order chi connectivity index (χ1) is 17.1. The zero-order valence-electron chi connectivity index (χ0n) is 19.4. The molecule has 1 aliphatic heterocycles. The second-order valence-electron chi connectivity index (χ2n) is 7.87. The molecule has 7 nitrogen and oxygen atoms in total. The summed E-state index contributed by atoms with van der Waals surface area (Å²) < 4.78 is 5.80. The van der Waals surface area contributed by atoms with Crippen molar-refractivity contribution in [1.29, 1.82) is 0 Å². The van der Waals surface area contributed by atoms with Gasteiger partial charge < -0.3 is 10.2 Å². The molecule has 0 atom stereocenters. The Morgan fingerprint density at radius 3 is 2.54 bits per heavy atom. The summed E-state index contributed by atoms with van der Waals surface area (Å²) in [6.45, 7) is 3.28. The lowest BCUT2D eigenvalue weighted by Crippen LogP contribution is -2.30. The maximum Gasteiger partial charge on any atom is 0.293 e. The molecule has 1 N–H and O–H groups in total. The highest BCUT2D eigenvalue weighted by atomic mass is 32.2. The molecule has 35 heavy (non-hydrogen) atoms. The Bertz CT molecular complexity index is 1210. The van der Waals surface area contributed by atoms with Crippen molar-refractivity contribution in [2.24, 2.45) is 5.10 Å². The molecule has 1 aromatic heterocycles. The van der Waals surface area contributed by atoms with Crippen LogP contribution in [0, 0.1) is 0 Å². The molecule has 1 fully saturated rings. The van der Waals surface area contributed by atoms with E-state index >= 15 is 0 Å². The molecule has 1 aliphatic rings. The molecule has 0 aliphatic carbocycles. The molecule has 0 unspecified atom stereocenters. The highest BCUT2D eigenvalue weighted by Gasteiger charge is 2.34. The average Bonchev–Trinajstić information content (AvgIpc) is 3.16. The third-order valence-electron chi connectivity index (χ3n) is 5.31. The van der Waals surface area contributed by atoms with Crippen LogP contribution < -0.4 is 10.2 Å². The number of benzene rings is 2. The quantitative estimate of drug-likeness (QED) is 0.186. The molecule has 0 saturated carbocycles. The minimum atomic E-state index is -0.263. The van der Waals surface area contributed by atoms with E-state index in [1.165, 1.54) is 4.90 Å². The summed E-state index contributed by atoms with van der Waals surface area (Å²) in [7, 11) is 0. The van der Waals surface area contributed by atoms with E-state index in [1.807, 2.05) is 73.7 Å². The van der Waals surface area contributed by atoms with Gasteiger partial charge in [0.15, 0.2) is 0 Å². The lowest BCUT2D eigenvalue weighted by Gasteiger charge is -2.12. The summed E-state index contributed by atoms with van der Waals surface area (Å²) in [6.07, 6.45) is 5.78. The fourth-order valence-corrected chi connectivity index (χ4v) is 4.26. The average molecular weight is 487 g/mol. The van der Waals surface area contributed by atoms with Gasteiger partial charge in [-0.05, 0) is 66.6 Å². The van der Waals surface area contributed by atoms with Gasteiger partial charge in [-0.2, -0.15) is 5.10 Å². The molecule has 1 saturated heterocycles. The minimum Gasteiger partial charge on any atom is -0.489 e. The lowest BCUT2D eigenvalue weighted by atomic mass is 10.2. The molecular weight excluding hydrogens is 460 g/mol. The third-order valence-corrected chi connectivity index (χ3v) is 6.22. The molecule has 0 radical (unpaired) electrons. The van der Waals surface area contributed by atoms with Crippen LogP contribution in [-0.2, 0) is 11.4 Å². The molecule has 4 rings (SSSR count). The number of amides is 2. The summed E-state index contributed by atoms with van der Waals surface area (Å²) in [6, 6.07) is 21.2. The van der Waals surface area contributed by atoms with Crippen LogP contribution in [0.5, 0.6) is 5.75 Å². The zero-order valence-corrected chi connectivity index (χ0v) is 20.2. The van der Waals surface area contributed by atoms with Crippen molar-refractivity contribution >= 4 is 34.7 Å². The number of imide groups is 1. The highest BCUT2D eigenvalue weighted by Crippen LogP contribution is 2.32.